The van der Waals surface area contributed by atoms with Crippen molar-refractivity contribution in [1.82, 2.24) is 4.90 Å². The molecule has 1 atom stereocenters. The van der Waals surface area contributed by atoms with Crippen molar-refractivity contribution in [2.45, 2.75) is 44.6 Å². The van der Waals surface area contributed by atoms with Crippen LogP contribution in [0.1, 0.15) is 39.0 Å². The Balaban J connectivity index is 2.23. The third-order valence-corrected chi connectivity index (χ3v) is 3.50. The van der Waals surface area contributed by atoms with Gasteiger partial charge in [-0.1, -0.05) is 19.8 Å². The Labute approximate surface area is 90.5 Å². The van der Waals surface area contributed by atoms with E-state index in [1.165, 1.54) is 4.90 Å². The van der Waals surface area contributed by atoms with Gasteiger partial charge in [0.15, 0.2) is 5.96 Å². The lowest BCUT2D eigenvalue weighted by Gasteiger charge is -2.24. The quantitative estimate of drug-likeness (QED) is 0.754. The number of nitrogens with zero attached hydrogens (tertiary/aromatic N) is 2. The first kappa shape index (κ1) is 10.5. The molecule has 2 aliphatic rings. The number of amides is 1. The van der Waals surface area contributed by atoms with Gasteiger partial charge in [-0.25, -0.2) is 4.99 Å². The second-order valence-corrected chi connectivity index (χ2v) is 4.64. The van der Waals surface area contributed by atoms with Gasteiger partial charge in [0.1, 0.15) is 5.54 Å². The topological polar surface area (TPSA) is 58.7 Å². The first-order valence-electron chi connectivity index (χ1n) is 5.75. The van der Waals surface area contributed by atoms with Gasteiger partial charge >= 0.3 is 0 Å². The van der Waals surface area contributed by atoms with Gasteiger partial charge in [-0.2, -0.15) is 0 Å². The van der Waals surface area contributed by atoms with Crippen LogP contribution in [0.5, 0.6) is 0 Å². The Morgan fingerprint density at radius 3 is 2.67 bits per heavy atom. The van der Waals surface area contributed by atoms with E-state index >= 15 is 0 Å². The van der Waals surface area contributed by atoms with Crippen LogP contribution in [0.2, 0.25) is 0 Å². The van der Waals surface area contributed by atoms with Crippen LogP contribution in [-0.4, -0.2) is 29.4 Å². The Bertz CT molecular complexity index is 309. The molecule has 1 saturated carbocycles. The molecule has 0 aromatic heterocycles. The summed E-state index contributed by atoms with van der Waals surface area (Å²) in [5.41, 5.74) is 5.25. The fourth-order valence-electron chi connectivity index (χ4n) is 2.36. The highest BCUT2D eigenvalue weighted by molar-refractivity contribution is 6.06. The first-order valence-corrected chi connectivity index (χ1v) is 5.75. The van der Waals surface area contributed by atoms with Crippen LogP contribution >= 0.6 is 0 Å². The molecule has 1 amide bonds. The zero-order valence-electron chi connectivity index (χ0n) is 9.49. The lowest BCUT2D eigenvalue weighted by atomic mass is 9.87. The highest BCUT2D eigenvalue weighted by Crippen LogP contribution is 2.47. The molecule has 1 aliphatic carbocycles. The third kappa shape index (κ3) is 1.52. The molecule has 0 aromatic rings. The fourth-order valence-corrected chi connectivity index (χ4v) is 2.36. The number of likely N-dealkylation sites (N-methyl/N-ethyl adjacent to an activating group) is 1. The van der Waals surface area contributed by atoms with E-state index < -0.39 is 5.54 Å². The predicted octanol–water partition coefficient (Wildman–Crippen LogP) is 1.11. The molecule has 4 nitrogen and oxygen atoms in total. The van der Waals surface area contributed by atoms with Crippen molar-refractivity contribution in [2.24, 2.45) is 16.6 Å². The molecule has 0 saturated heterocycles. The normalized spacial score (nSPS) is 30.9. The van der Waals surface area contributed by atoms with E-state index in [0.717, 1.165) is 32.1 Å². The van der Waals surface area contributed by atoms with E-state index in [-0.39, 0.29) is 5.91 Å². The zero-order chi connectivity index (χ0) is 11.1. The Hall–Kier alpha value is -1.06. The van der Waals surface area contributed by atoms with E-state index in [1.54, 1.807) is 7.05 Å². The Kier molecular flexibility index (Phi) is 2.44. The lowest BCUT2D eigenvalue weighted by Crippen LogP contribution is -2.43. The summed E-state index contributed by atoms with van der Waals surface area (Å²) in [6, 6.07) is 0. The zero-order valence-corrected chi connectivity index (χ0v) is 9.49. The van der Waals surface area contributed by atoms with Crippen LogP contribution in [-0.2, 0) is 4.79 Å². The molecule has 1 fully saturated rings. The SMILES string of the molecule is CCCCC1(C2CC2)N=C(N)N(C)C1=O. The molecule has 1 unspecified atom stereocenters. The second kappa shape index (κ2) is 3.51. The smallest absolute Gasteiger partial charge is 0.257 e. The number of nitrogens with two attached hydrogens (primary N) is 1. The van der Waals surface area contributed by atoms with Crippen molar-refractivity contribution >= 4 is 11.9 Å². The molecule has 15 heavy (non-hydrogen) atoms. The third-order valence-electron chi connectivity index (χ3n) is 3.50. The van der Waals surface area contributed by atoms with E-state index in [2.05, 4.69) is 11.9 Å². The van der Waals surface area contributed by atoms with Gasteiger partial charge in [0.2, 0.25) is 0 Å². The van der Waals surface area contributed by atoms with Crippen molar-refractivity contribution in [3.63, 3.8) is 0 Å². The van der Waals surface area contributed by atoms with Crippen LogP contribution in [0.4, 0.5) is 0 Å². The summed E-state index contributed by atoms with van der Waals surface area (Å²) in [5, 5.41) is 0. The lowest BCUT2D eigenvalue weighted by molar-refractivity contribution is -0.131. The fraction of sp³-hybridized carbons (Fsp3) is 0.818. The highest BCUT2D eigenvalue weighted by atomic mass is 16.2. The number of carbonyl (C=O) groups is 1. The van der Waals surface area contributed by atoms with Gasteiger partial charge in [-0.15, -0.1) is 0 Å². The van der Waals surface area contributed by atoms with Gasteiger partial charge in [0.25, 0.3) is 5.91 Å². The Morgan fingerprint density at radius 1 is 1.60 bits per heavy atom. The number of carbonyl (C=O) groups excluding carboxylic acids is 1. The molecule has 2 rings (SSSR count). The summed E-state index contributed by atoms with van der Waals surface area (Å²) in [5.74, 6) is 0.944. The van der Waals surface area contributed by atoms with Crippen molar-refractivity contribution in [3.05, 3.63) is 0 Å². The van der Waals surface area contributed by atoms with Crippen molar-refractivity contribution in [2.75, 3.05) is 7.05 Å². The number of hydrogen-bond acceptors (Lipinski definition) is 3. The molecule has 0 spiro atoms. The number of rotatable bonds is 4. The van der Waals surface area contributed by atoms with E-state index in [0.29, 0.717) is 11.9 Å². The largest absolute Gasteiger partial charge is 0.369 e. The monoisotopic (exact) mass is 209 g/mol. The Morgan fingerprint density at radius 2 is 2.27 bits per heavy atom. The summed E-state index contributed by atoms with van der Waals surface area (Å²) >= 11 is 0. The maximum absolute atomic E-state index is 12.2. The van der Waals surface area contributed by atoms with Crippen molar-refractivity contribution in [3.8, 4) is 0 Å². The predicted molar refractivity (Wildman–Crippen MR) is 59.4 cm³/mol. The number of unbranched alkanes of at least 4 members (excludes halogenated alkanes) is 1. The van der Waals surface area contributed by atoms with Crippen LogP contribution in [0, 0.1) is 5.92 Å². The minimum absolute atomic E-state index is 0.107. The average Bonchev–Trinajstić information content (AvgIpc) is 3.02. The van der Waals surface area contributed by atoms with E-state index in [9.17, 15) is 4.79 Å². The molecule has 84 valence electrons. The molecular weight excluding hydrogens is 190 g/mol. The summed E-state index contributed by atoms with van der Waals surface area (Å²) in [4.78, 5) is 18.1. The molecular formula is C11H19N3O. The number of aliphatic imine (C=N–C) groups is 1. The van der Waals surface area contributed by atoms with Crippen molar-refractivity contribution in [1.29, 1.82) is 0 Å². The molecule has 0 radical (unpaired) electrons. The van der Waals surface area contributed by atoms with Crippen LogP contribution in [0.25, 0.3) is 0 Å². The summed E-state index contributed by atoms with van der Waals surface area (Å²) in [6.45, 7) is 2.14. The van der Waals surface area contributed by atoms with Gasteiger partial charge in [0, 0.05) is 7.05 Å². The maximum Gasteiger partial charge on any atom is 0.257 e. The highest BCUT2D eigenvalue weighted by Gasteiger charge is 2.55. The van der Waals surface area contributed by atoms with Crippen LogP contribution in [0.15, 0.2) is 4.99 Å². The van der Waals surface area contributed by atoms with Gasteiger partial charge in [0.05, 0.1) is 0 Å². The average molecular weight is 209 g/mol. The van der Waals surface area contributed by atoms with Gasteiger partial charge in [-0.3, -0.25) is 9.69 Å². The summed E-state index contributed by atoms with van der Waals surface area (Å²) < 4.78 is 0. The van der Waals surface area contributed by atoms with Gasteiger partial charge < -0.3 is 5.73 Å². The van der Waals surface area contributed by atoms with E-state index in [4.69, 9.17) is 5.73 Å². The molecule has 4 heteroatoms. The van der Waals surface area contributed by atoms with Gasteiger partial charge in [-0.05, 0) is 25.2 Å². The maximum atomic E-state index is 12.2. The summed E-state index contributed by atoms with van der Waals surface area (Å²) in [6.07, 6.45) is 5.26. The summed E-state index contributed by atoms with van der Waals surface area (Å²) in [7, 11) is 1.72. The molecule has 1 heterocycles. The minimum Gasteiger partial charge on any atom is -0.369 e. The molecule has 1 aliphatic heterocycles. The second-order valence-electron chi connectivity index (χ2n) is 4.64. The standard InChI is InChI=1S/C11H19N3O/c1-3-4-7-11(8-5-6-8)9(15)14(2)10(12)13-11/h8H,3-7H2,1-2H3,(H2,12,13). The minimum atomic E-state index is -0.491. The first-order chi connectivity index (χ1) is 7.12. The molecule has 2 N–H and O–H groups in total. The molecule has 0 bridgehead atoms. The van der Waals surface area contributed by atoms with Crippen LogP contribution in [0.3, 0.4) is 0 Å². The number of hydrogen-bond donors (Lipinski definition) is 1. The van der Waals surface area contributed by atoms with Crippen molar-refractivity contribution < 1.29 is 4.79 Å². The molecule has 0 aromatic carbocycles. The van der Waals surface area contributed by atoms with E-state index in [1.807, 2.05) is 0 Å². The number of guanidine groups is 1. The van der Waals surface area contributed by atoms with Crippen LogP contribution < -0.4 is 5.73 Å².